The molecule has 2 fully saturated rings. The van der Waals surface area contributed by atoms with Crippen LogP contribution >= 0.6 is 0 Å². The minimum absolute atomic E-state index is 0.105. The van der Waals surface area contributed by atoms with Crippen LogP contribution in [0.1, 0.15) is 18.4 Å². The van der Waals surface area contributed by atoms with E-state index < -0.39 is 16.5 Å². The van der Waals surface area contributed by atoms with Crippen LogP contribution in [0.3, 0.4) is 0 Å². The quantitative estimate of drug-likeness (QED) is 0.594. The average Bonchev–Trinajstić information content (AvgIpc) is 3.12. The zero-order chi connectivity index (χ0) is 18.1. The molecule has 0 radical (unpaired) electrons. The number of hydrogen-bond acceptors (Lipinski definition) is 4. The molecule has 0 spiro atoms. The molecule has 1 saturated heterocycles. The van der Waals surface area contributed by atoms with Crippen LogP contribution in [0.15, 0.2) is 71.6 Å². The number of fused-ring (bicyclic) bond motifs is 1. The zero-order valence-electron chi connectivity index (χ0n) is 14.4. The van der Waals surface area contributed by atoms with Crippen LogP contribution in [0.4, 0.5) is 0 Å². The van der Waals surface area contributed by atoms with Crippen molar-refractivity contribution in [1.29, 1.82) is 0 Å². The minimum atomic E-state index is -1.55. The first kappa shape index (κ1) is 17.0. The van der Waals surface area contributed by atoms with Crippen LogP contribution in [0.5, 0.6) is 5.75 Å². The van der Waals surface area contributed by atoms with E-state index in [4.69, 9.17) is 8.92 Å². The molecule has 4 nitrogen and oxygen atoms in total. The molecule has 0 aromatic heterocycles. The van der Waals surface area contributed by atoms with Crippen molar-refractivity contribution in [2.24, 2.45) is 11.3 Å². The van der Waals surface area contributed by atoms with Crippen LogP contribution in [0.2, 0.25) is 0 Å². The Labute approximate surface area is 155 Å². The Morgan fingerprint density at radius 1 is 1.15 bits per heavy atom. The molecule has 1 aliphatic carbocycles. The maximum absolute atomic E-state index is 12.4. The van der Waals surface area contributed by atoms with Gasteiger partial charge in [0.25, 0.3) is 0 Å². The lowest BCUT2D eigenvalue weighted by molar-refractivity contribution is -0.146. The van der Waals surface area contributed by atoms with E-state index in [-0.39, 0.29) is 11.9 Å². The molecule has 2 aromatic rings. The van der Waals surface area contributed by atoms with Crippen molar-refractivity contribution in [2.75, 3.05) is 6.61 Å². The van der Waals surface area contributed by atoms with Crippen LogP contribution in [0.25, 0.3) is 0 Å². The van der Waals surface area contributed by atoms with E-state index in [0.29, 0.717) is 30.1 Å². The summed E-state index contributed by atoms with van der Waals surface area (Å²) < 4.78 is 23.1. The van der Waals surface area contributed by atoms with Crippen molar-refractivity contribution < 1.29 is 17.9 Å². The monoisotopic (exact) mass is 368 g/mol. The van der Waals surface area contributed by atoms with Crippen molar-refractivity contribution in [2.45, 2.75) is 24.2 Å². The summed E-state index contributed by atoms with van der Waals surface area (Å²) in [5, 5.41) is 0. The Balaban J connectivity index is 1.47. The van der Waals surface area contributed by atoms with E-state index in [0.717, 1.165) is 17.6 Å². The van der Waals surface area contributed by atoms with Crippen molar-refractivity contribution in [3.63, 3.8) is 0 Å². The summed E-state index contributed by atoms with van der Waals surface area (Å²) in [6.45, 7) is 4.57. The van der Waals surface area contributed by atoms with Gasteiger partial charge in [-0.05, 0) is 49.1 Å². The van der Waals surface area contributed by atoms with Gasteiger partial charge in [-0.2, -0.15) is 0 Å². The molecule has 0 bridgehead atoms. The predicted octanol–water partition coefficient (Wildman–Crippen LogP) is 3.84. The lowest BCUT2D eigenvalue weighted by atomic mass is 9.75. The summed E-state index contributed by atoms with van der Waals surface area (Å²) in [6, 6.07) is 16.5. The van der Waals surface area contributed by atoms with Gasteiger partial charge in [-0.15, -0.1) is 0 Å². The molecule has 3 unspecified atom stereocenters. The molecule has 1 aliphatic heterocycles. The Morgan fingerprint density at radius 2 is 1.88 bits per heavy atom. The maximum Gasteiger partial charge on any atom is 0.313 e. The zero-order valence-corrected chi connectivity index (χ0v) is 15.2. The number of allylic oxidation sites excluding steroid dienone is 1. The largest absolute Gasteiger partial charge is 0.465 e. The van der Waals surface area contributed by atoms with Gasteiger partial charge in [-0.25, -0.2) is 4.21 Å². The minimum Gasteiger partial charge on any atom is -0.465 e. The molecule has 0 N–H and O–H groups in total. The number of rotatable bonds is 5. The highest BCUT2D eigenvalue weighted by molar-refractivity contribution is 7.80. The summed E-state index contributed by atoms with van der Waals surface area (Å²) in [7, 11) is 0. The maximum atomic E-state index is 12.4. The Bertz CT molecular complexity index is 859. The van der Waals surface area contributed by atoms with Crippen molar-refractivity contribution in [3.8, 4) is 5.75 Å². The second-order valence-electron chi connectivity index (χ2n) is 7.03. The number of ether oxygens (including phenoxy) is 1. The number of carbonyl (C=O) groups excluding carboxylic acids is 1. The Morgan fingerprint density at radius 3 is 2.62 bits per heavy atom. The normalized spacial score (nSPS) is 25.6. The first-order valence-electron chi connectivity index (χ1n) is 8.65. The predicted molar refractivity (Wildman–Crippen MR) is 98.9 cm³/mol. The Kier molecular flexibility index (Phi) is 4.41. The fourth-order valence-corrected chi connectivity index (χ4v) is 4.72. The second-order valence-corrected chi connectivity index (χ2v) is 8.14. The molecule has 2 aromatic carbocycles. The van der Waals surface area contributed by atoms with Crippen LogP contribution in [-0.2, 0) is 27.0 Å². The third-order valence-electron chi connectivity index (χ3n) is 5.25. The number of carbonyl (C=O) groups is 1. The standard InChI is InChI=1S/C21H20O4S/c1-15-11-17-14-24-20(22)21(17,12-15)13-16-7-9-18(10-8-16)25-26(23)19-5-3-2-4-6-19/h2-10,17H,1,11-14H2. The van der Waals surface area contributed by atoms with E-state index in [1.54, 1.807) is 24.3 Å². The highest BCUT2D eigenvalue weighted by Gasteiger charge is 2.55. The summed E-state index contributed by atoms with van der Waals surface area (Å²) in [5.41, 5.74) is 1.71. The van der Waals surface area contributed by atoms with Crippen LogP contribution < -0.4 is 4.18 Å². The van der Waals surface area contributed by atoms with E-state index in [2.05, 4.69) is 6.58 Å². The van der Waals surface area contributed by atoms with Gasteiger partial charge in [0.1, 0.15) is 5.75 Å². The molecule has 1 saturated carbocycles. The summed E-state index contributed by atoms with van der Waals surface area (Å²) >= 11 is -1.55. The smallest absolute Gasteiger partial charge is 0.313 e. The molecule has 5 heteroatoms. The molecule has 3 atom stereocenters. The van der Waals surface area contributed by atoms with E-state index in [1.165, 1.54) is 0 Å². The highest BCUT2D eigenvalue weighted by Crippen LogP contribution is 2.52. The van der Waals surface area contributed by atoms with Crippen molar-refractivity contribution >= 4 is 17.0 Å². The first-order chi connectivity index (χ1) is 12.6. The van der Waals surface area contributed by atoms with Gasteiger partial charge in [-0.1, -0.05) is 42.5 Å². The van der Waals surface area contributed by atoms with Gasteiger partial charge in [-0.3, -0.25) is 4.79 Å². The molecule has 134 valence electrons. The van der Waals surface area contributed by atoms with Gasteiger partial charge in [0.15, 0.2) is 0 Å². The average molecular weight is 368 g/mol. The van der Waals surface area contributed by atoms with Gasteiger partial charge >= 0.3 is 5.97 Å². The summed E-state index contributed by atoms with van der Waals surface area (Å²) in [5.74, 6) is 0.658. The van der Waals surface area contributed by atoms with Crippen molar-refractivity contribution in [1.82, 2.24) is 0 Å². The second kappa shape index (κ2) is 6.72. The molecule has 2 aliphatic rings. The number of esters is 1. The fourth-order valence-electron chi connectivity index (χ4n) is 3.96. The SMILES string of the molecule is C=C1CC2COC(=O)C2(Cc2ccc(OS(=O)c3ccccc3)cc2)C1. The topological polar surface area (TPSA) is 52.6 Å². The summed E-state index contributed by atoms with van der Waals surface area (Å²) in [4.78, 5) is 13.0. The van der Waals surface area contributed by atoms with Crippen LogP contribution in [-0.4, -0.2) is 16.8 Å². The molecule has 4 rings (SSSR count). The van der Waals surface area contributed by atoms with Crippen LogP contribution in [0, 0.1) is 11.3 Å². The van der Waals surface area contributed by atoms with E-state index in [1.807, 2.05) is 30.3 Å². The number of benzene rings is 2. The third kappa shape index (κ3) is 3.07. The fraction of sp³-hybridized carbons (Fsp3) is 0.286. The lowest BCUT2D eigenvalue weighted by Gasteiger charge is -2.24. The van der Waals surface area contributed by atoms with Gasteiger partial charge < -0.3 is 8.92 Å². The molecular weight excluding hydrogens is 348 g/mol. The molecule has 0 amide bonds. The Hall–Kier alpha value is -2.40. The third-order valence-corrected chi connectivity index (χ3v) is 6.26. The molecular formula is C21H20O4S. The van der Waals surface area contributed by atoms with Gasteiger partial charge in [0.2, 0.25) is 11.1 Å². The number of hydrogen-bond donors (Lipinski definition) is 0. The van der Waals surface area contributed by atoms with Gasteiger partial charge in [0.05, 0.1) is 16.9 Å². The number of cyclic esters (lactones) is 1. The van der Waals surface area contributed by atoms with E-state index >= 15 is 0 Å². The first-order valence-corrected chi connectivity index (χ1v) is 9.72. The molecule has 26 heavy (non-hydrogen) atoms. The van der Waals surface area contributed by atoms with E-state index in [9.17, 15) is 9.00 Å². The molecule has 1 heterocycles. The lowest BCUT2D eigenvalue weighted by Crippen LogP contribution is -2.31. The summed E-state index contributed by atoms with van der Waals surface area (Å²) in [6.07, 6.45) is 2.20. The highest BCUT2D eigenvalue weighted by atomic mass is 32.2. The van der Waals surface area contributed by atoms with Gasteiger partial charge in [0, 0.05) is 5.92 Å². The van der Waals surface area contributed by atoms with Crippen molar-refractivity contribution in [3.05, 3.63) is 72.3 Å².